The van der Waals surface area contributed by atoms with Gasteiger partial charge in [0.15, 0.2) is 4.90 Å². The highest BCUT2D eigenvalue weighted by molar-refractivity contribution is 7.90. The van der Waals surface area contributed by atoms with E-state index in [1.54, 1.807) is 29.2 Å². The van der Waals surface area contributed by atoms with Crippen molar-refractivity contribution >= 4 is 38.2 Å². The Morgan fingerprint density at radius 3 is 2.39 bits per heavy atom. The number of amides is 1. The van der Waals surface area contributed by atoms with Gasteiger partial charge in [-0.1, -0.05) is 20.8 Å². The molecule has 33 heavy (non-hydrogen) atoms. The van der Waals surface area contributed by atoms with E-state index in [0.29, 0.717) is 47.1 Å². The van der Waals surface area contributed by atoms with Crippen LogP contribution in [0.1, 0.15) is 63.4 Å². The van der Waals surface area contributed by atoms with Crippen LogP contribution >= 0.6 is 0 Å². The summed E-state index contributed by atoms with van der Waals surface area (Å²) in [5.74, 6) is 0.687. The third-order valence-electron chi connectivity index (χ3n) is 6.60. The Kier molecular flexibility index (Phi) is 7.43. The number of carbonyl (C=O) groups excluding carboxylic acids is 1. The molecule has 7 nitrogen and oxygen atoms in total. The van der Waals surface area contributed by atoms with Gasteiger partial charge in [0.05, 0.1) is 22.6 Å². The van der Waals surface area contributed by atoms with Crippen molar-refractivity contribution in [2.75, 3.05) is 31.9 Å². The zero-order valence-electron chi connectivity index (χ0n) is 19.8. The molecule has 0 N–H and O–H groups in total. The summed E-state index contributed by atoms with van der Waals surface area (Å²) < 4.78 is 42.9. The molecule has 182 valence electrons. The predicted octanol–water partition coefficient (Wildman–Crippen LogP) is 3.86. The van der Waals surface area contributed by atoms with E-state index in [0.717, 1.165) is 38.8 Å². The monoisotopic (exact) mass is 493 g/mol. The van der Waals surface area contributed by atoms with E-state index in [2.05, 4.69) is 13.8 Å². The lowest BCUT2D eigenvalue weighted by Crippen LogP contribution is -2.42. The minimum atomic E-state index is -3.69. The zero-order chi connectivity index (χ0) is 23.8. The van der Waals surface area contributed by atoms with Crippen LogP contribution in [0.5, 0.6) is 0 Å². The lowest BCUT2D eigenvalue weighted by atomic mass is 9.94. The molecule has 0 spiro atoms. The molecule has 9 heteroatoms. The standard InChI is InChI=1S/C24H35N3O4S2/c1-4-12-33(30,31)27-22-9-8-21(32(29)26-16-18(2)13-19(3)17-26)14-20(22)15-23(27)24(28)25-10-6-5-7-11-25/h8-9,14-15,18-19H,4-7,10-13,16-17H2,1-3H3. The van der Waals surface area contributed by atoms with Gasteiger partial charge in [0, 0.05) is 37.6 Å². The number of hydrogen-bond acceptors (Lipinski definition) is 5. The number of fused-ring (bicyclic) bond motifs is 1. The fourth-order valence-electron chi connectivity index (χ4n) is 5.22. The average molecular weight is 494 g/mol. The summed E-state index contributed by atoms with van der Waals surface area (Å²) in [5, 5.41) is 0.638. The van der Waals surface area contributed by atoms with Crippen LogP contribution < -0.4 is 0 Å². The van der Waals surface area contributed by atoms with E-state index >= 15 is 0 Å². The van der Waals surface area contributed by atoms with E-state index in [-0.39, 0.29) is 17.4 Å². The largest absolute Gasteiger partial charge is 0.593 e. The van der Waals surface area contributed by atoms with Gasteiger partial charge in [0.25, 0.3) is 5.91 Å². The first-order chi connectivity index (χ1) is 15.7. The van der Waals surface area contributed by atoms with Crippen LogP contribution in [-0.4, -0.2) is 64.0 Å². The van der Waals surface area contributed by atoms with Crippen LogP contribution in [0.25, 0.3) is 10.9 Å². The molecule has 2 aliphatic heterocycles. The van der Waals surface area contributed by atoms with Crippen LogP contribution in [0.4, 0.5) is 0 Å². The van der Waals surface area contributed by atoms with Gasteiger partial charge >= 0.3 is 0 Å². The van der Waals surface area contributed by atoms with Gasteiger partial charge in [-0.3, -0.25) is 4.79 Å². The SMILES string of the molecule is CCCS(=O)(=O)n1c(C(=O)N2CCCCC2)cc2cc([S+]([O-])N3CC(C)CC(C)C3)ccc21. The topological polar surface area (TPSA) is 85.7 Å². The predicted molar refractivity (Wildman–Crippen MR) is 132 cm³/mol. The average Bonchev–Trinajstić information content (AvgIpc) is 3.17. The summed E-state index contributed by atoms with van der Waals surface area (Å²) in [7, 11) is -3.69. The summed E-state index contributed by atoms with van der Waals surface area (Å²) in [6.45, 7) is 9.03. The van der Waals surface area contributed by atoms with Gasteiger partial charge in [-0.25, -0.2) is 12.4 Å². The van der Waals surface area contributed by atoms with Crippen molar-refractivity contribution in [2.24, 2.45) is 11.8 Å². The number of hydrogen-bond donors (Lipinski definition) is 0. The highest BCUT2D eigenvalue weighted by Crippen LogP contribution is 2.31. The van der Waals surface area contributed by atoms with Crippen LogP contribution in [0, 0.1) is 11.8 Å². The second kappa shape index (κ2) is 9.98. The number of nitrogens with zero attached hydrogens (tertiary/aromatic N) is 3. The second-order valence-electron chi connectivity index (χ2n) is 9.73. The Hall–Kier alpha value is -1.55. The molecule has 1 amide bonds. The second-order valence-corrected chi connectivity index (χ2v) is 13.1. The van der Waals surface area contributed by atoms with Gasteiger partial charge in [0.1, 0.15) is 5.69 Å². The molecule has 1 aromatic carbocycles. The van der Waals surface area contributed by atoms with E-state index in [1.165, 1.54) is 3.97 Å². The van der Waals surface area contributed by atoms with E-state index < -0.39 is 21.4 Å². The lowest BCUT2D eigenvalue weighted by molar-refractivity contribution is 0.0717. The summed E-state index contributed by atoms with van der Waals surface area (Å²) in [6, 6.07) is 6.91. The first kappa shape index (κ1) is 24.6. The smallest absolute Gasteiger partial charge is 0.271 e. The molecular weight excluding hydrogens is 458 g/mol. The summed E-state index contributed by atoms with van der Waals surface area (Å²) in [4.78, 5) is 15.8. The summed E-state index contributed by atoms with van der Waals surface area (Å²) in [5.41, 5.74) is 0.661. The molecule has 2 aliphatic rings. The van der Waals surface area contributed by atoms with Crippen molar-refractivity contribution in [1.82, 2.24) is 13.2 Å². The van der Waals surface area contributed by atoms with Crippen LogP contribution in [0.2, 0.25) is 0 Å². The van der Waals surface area contributed by atoms with E-state index in [1.807, 2.05) is 11.2 Å². The number of likely N-dealkylation sites (tertiary alicyclic amines) is 1. The van der Waals surface area contributed by atoms with Crippen LogP contribution in [0.3, 0.4) is 0 Å². The number of piperidine rings is 2. The van der Waals surface area contributed by atoms with Gasteiger partial charge in [-0.05, 0) is 62.1 Å². The molecule has 2 saturated heterocycles. The fourth-order valence-corrected chi connectivity index (χ4v) is 8.31. The maximum absolute atomic E-state index is 13.4. The maximum Gasteiger partial charge on any atom is 0.271 e. The Labute approximate surface area is 200 Å². The number of benzene rings is 1. The van der Waals surface area contributed by atoms with E-state index in [4.69, 9.17) is 0 Å². The van der Waals surface area contributed by atoms with Crippen molar-refractivity contribution < 1.29 is 17.8 Å². The Balaban J connectivity index is 1.75. The lowest BCUT2D eigenvalue weighted by Gasteiger charge is -2.34. The van der Waals surface area contributed by atoms with Gasteiger partial charge in [0.2, 0.25) is 10.0 Å². The Morgan fingerprint density at radius 1 is 1.09 bits per heavy atom. The minimum Gasteiger partial charge on any atom is -0.593 e. The molecule has 3 atom stereocenters. The molecule has 3 heterocycles. The molecule has 0 bridgehead atoms. The highest BCUT2D eigenvalue weighted by atomic mass is 32.2. The normalized spacial score (nSPS) is 23.7. The number of rotatable bonds is 6. The Bertz CT molecular complexity index is 1100. The first-order valence-electron chi connectivity index (χ1n) is 12.1. The minimum absolute atomic E-state index is 0.0334. The van der Waals surface area contributed by atoms with Crippen molar-refractivity contribution in [3.05, 3.63) is 30.0 Å². The third kappa shape index (κ3) is 5.11. The van der Waals surface area contributed by atoms with Gasteiger partial charge in [-0.15, -0.1) is 4.31 Å². The molecule has 2 aromatic rings. The Morgan fingerprint density at radius 2 is 1.76 bits per heavy atom. The molecule has 0 saturated carbocycles. The van der Waals surface area contributed by atoms with Crippen molar-refractivity contribution in [3.63, 3.8) is 0 Å². The molecule has 1 aromatic heterocycles. The quantitative estimate of drug-likeness (QED) is 0.571. The summed E-state index contributed by atoms with van der Waals surface area (Å²) >= 11 is -1.32. The highest BCUT2D eigenvalue weighted by Gasteiger charge is 2.33. The summed E-state index contributed by atoms with van der Waals surface area (Å²) in [6.07, 6.45) is 4.55. The molecular formula is C24H35N3O4S2. The zero-order valence-corrected chi connectivity index (χ0v) is 21.5. The van der Waals surface area contributed by atoms with Crippen LogP contribution in [-0.2, 0) is 21.4 Å². The fraction of sp³-hybridized carbons (Fsp3) is 0.625. The van der Waals surface area contributed by atoms with Crippen molar-refractivity contribution in [2.45, 2.75) is 57.8 Å². The molecule has 4 rings (SSSR count). The van der Waals surface area contributed by atoms with Crippen molar-refractivity contribution in [1.29, 1.82) is 0 Å². The number of aromatic nitrogens is 1. The third-order valence-corrected chi connectivity index (χ3v) is 9.90. The van der Waals surface area contributed by atoms with Crippen LogP contribution in [0.15, 0.2) is 29.2 Å². The first-order valence-corrected chi connectivity index (χ1v) is 14.8. The number of carbonyl (C=O) groups is 1. The molecule has 0 aliphatic carbocycles. The molecule has 2 fully saturated rings. The molecule has 0 radical (unpaired) electrons. The van der Waals surface area contributed by atoms with Crippen molar-refractivity contribution in [3.8, 4) is 0 Å². The maximum atomic E-state index is 13.4. The van der Waals surface area contributed by atoms with Gasteiger partial charge < -0.3 is 9.45 Å². The van der Waals surface area contributed by atoms with Gasteiger partial charge in [-0.2, -0.15) is 0 Å². The van der Waals surface area contributed by atoms with E-state index in [9.17, 15) is 17.8 Å². The molecule has 3 unspecified atom stereocenters.